The molecule has 1 unspecified atom stereocenters. The van der Waals surface area contributed by atoms with E-state index < -0.39 is 9.84 Å². The summed E-state index contributed by atoms with van der Waals surface area (Å²) in [5.41, 5.74) is 1.27. The molecule has 1 atom stereocenters. The summed E-state index contributed by atoms with van der Waals surface area (Å²) in [5, 5.41) is 2.74. The number of carbonyl (C=O) groups excluding carboxylic acids is 1. The first-order chi connectivity index (χ1) is 12.3. The number of hydrogen-bond acceptors (Lipinski definition) is 5. The monoisotopic (exact) mass is 377 g/mol. The van der Waals surface area contributed by atoms with Gasteiger partial charge in [0.15, 0.2) is 9.84 Å². The van der Waals surface area contributed by atoms with Crippen molar-refractivity contribution in [2.75, 3.05) is 28.8 Å². The van der Waals surface area contributed by atoms with Crippen molar-refractivity contribution in [2.24, 2.45) is 0 Å². The van der Waals surface area contributed by atoms with Crippen molar-refractivity contribution in [1.29, 1.82) is 0 Å². The number of pyridine rings is 1. The molecule has 1 aromatic carbocycles. The minimum absolute atomic E-state index is 0.0774. The number of nitrogens with zero attached hydrogens (tertiary/aromatic N) is 2. The first-order valence-electron chi connectivity index (χ1n) is 8.26. The standard InChI is InChI=1S/C18H20FN3O3S/c1-22(16-8-9-26(24,25)12-16)17-7-6-15(11-20-17)21-18(23)10-13-2-4-14(19)5-3-13/h2-7,11,16H,8-10,12H2,1H3,(H,21,23). The van der Waals surface area contributed by atoms with Crippen LogP contribution in [0.25, 0.3) is 0 Å². The van der Waals surface area contributed by atoms with E-state index in [0.717, 1.165) is 5.56 Å². The van der Waals surface area contributed by atoms with E-state index in [2.05, 4.69) is 10.3 Å². The molecule has 0 radical (unpaired) electrons. The third-order valence-electron chi connectivity index (χ3n) is 4.43. The zero-order valence-corrected chi connectivity index (χ0v) is 15.2. The molecule has 8 heteroatoms. The maximum absolute atomic E-state index is 12.9. The van der Waals surface area contributed by atoms with Crippen LogP contribution in [0.2, 0.25) is 0 Å². The summed E-state index contributed by atoms with van der Waals surface area (Å²) < 4.78 is 36.1. The number of amides is 1. The molecule has 2 aromatic rings. The van der Waals surface area contributed by atoms with Gasteiger partial charge in [-0.05, 0) is 36.2 Å². The Morgan fingerprint density at radius 1 is 1.27 bits per heavy atom. The van der Waals surface area contributed by atoms with Crippen molar-refractivity contribution < 1.29 is 17.6 Å². The Hall–Kier alpha value is -2.48. The van der Waals surface area contributed by atoms with E-state index in [0.29, 0.717) is 17.9 Å². The number of benzene rings is 1. The van der Waals surface area contributed by atoms with Crippen LogP contribution in [0, 0.1) is 5.82 Å². The smallest absolute Gasteiger partial charge is 0.228 e. The van der Waals surface area contributed by atoms with Gasteiger partial charge in [0.2, 0.25) is 5.91 Å². The van der Waals surface area contributed by atoms with Gasteiger partial charge >= 0.3 is 0 Å². The first-order valence-corrected chi connectivity index (χ1v) is 10.1. The van der Waals surface area contributed by atoms with Gasteiger partial charge in [-0.1, -0.05) is 12.1 Å². The van der Waals surface area contributed by atoms with Gasteiger partial charge in [0, 0.05) is 13.1 Å². The Labute approximate surface area is 152 Å². The quantitative estimate of drug-likeness (QED) is 0.862. The van der Waals surface area contributed by atoms with Crippen LogP contribution in [0.3, 0.4) is 0 Å². The SMILES string of the molecule is CN(c1ccc(NC(=O)Cc2ccc(F)cc2)cn1)C1CCS(=O)(=O)C1. The average Bonchev–Trinajstić information content (AvgIpc) is 2.97. The van der Waals surface area contributed by atoms with E-state index in [1.54, 1.807) is 24.3 Å². The van der Waals surface area contributed by atoms with Crippen LogP contribution in [-0.4, -0.2) is 43.9 Å². The van der Waals surface area contributed by atoms with Crippen molar-refractivity contribution in [3.8, 4) is 0 Å². The third kappa shape index (κ3) is 4.57. The molecule has 2 heterocycles. The van der Waals surface area contributed by atoms with Crippen LogP contribution in [0.15, 0.2) is 42.6 Å². The zero-order chi connectivity index (χ0) is 18.7. The fourth-order valence-electron chi connectivity index (χ4n) is 2.93. The highest BCUT2D eigenvalue weighted by atomic mass is 32.2. The summed E-state index contributed by atoms with van der Waals surface area (Å²) in [4.78, 5) is 18.2. The van der Waals surface area contributed by atoms with Crippen LogP contribution in [0.4, 0.5) is 15.9 Å². The molecule has 1 N–H and O–H groups in total. The second-order valence-corrected chi connectivity index (χ2v) is 8.65. The lowest BCUT2D eigenvalue weighted by Gasteiger charge is -2.24. The van der Waals surface area contributed by atoms with E-state index in [4.69, 9.17) is 0 Å². The van der Waals surface area contributed by atoms with Gasteiger partial charge in [-0.15, -0.1) is 0 Å². The molecule has 0 spiro atoms. The zero-order valence-electron chi connectivity index (χ0n) is 14.4. The average molecular weight is 377 g/mol. The molecule has 1 aromatic heterocycles. The van der Waals surface area contributed by atoms with Gasteiger partial charge < -0.3 is 10.2 Å². The highest BCUT2D eigenvalue weighted by Gasteiger charge is 2.31. The lowest BCUT2D eigenvalue weighted by Crippen LogP contribution is -2.33. The Morgan fingerprint density at radius 2 is 2.00 bits per heavy atom. The van der Waals surface area contributed by atoms with Crippen LogP contribution < -0.4 is 10.2 Å². The molecule has 3 rings (SSSR count). The fraction of sp³-hybridized carbons (Fsp3) is 0.333. The summed E-state index contributed by atoms with van der Waals surface area (Å²) in [5.74, 6) is 0.444. The molecule has 0 aliphatic carbocycles. The fourth-order valence-corrected chi connectivity index (χ4v) is 4.70. The highest BCUT2D eigenvalue weighted by Crippen LogP contribution is 2.22. The van der Waals surface area contributed by atoms with E-state index >= 15 is 0 Å². The minimum atomic E-state index is -2.95. The molecular weight excluding hydrogens is 357 g/mol. The number of aromatic nitrogens is 1. The minimum Gasteiger partial charge on any atom is -0.356 e. The van der Waals surface area contributed by atoms with Crippen LogP contribution in [0.5, 0.6) is 0 Å². The molecular formula is C18H20FN3O3S. The van der Waals surface area contributed by atoms with E-state index in [-0.39, 0.29) is 35.7 Å². The van der Waals surface area contributed by atoms with Gasteiger partial charge in [0.25, 0.3) is 0 Å². The molecule has 6 nitrogen and oxygen atoms in total. The number of sulfone groups is 1. The molecule has 1 amide bonds. The Bertz CT molecular complexity index is 883. The number of halogens is 1. The number of carbonyl (C=O) groups is 1. The van der Waals surface area contributed by atoms with Crippen LogP contribution in [0.1, 0.15) is 12.0 Å². The van der Waals surface area contributed by atoms with Gasteiger partial charge in [0.1, 0.15) is 11.6 Å². The summed E-state index contributed by atoms with van der Waals surface area (Å²) in [6, 6.07) is 9.17. The van der Waals surface area contributed by atoms with Gasteiger partial charge in [0.05, 0.1) is 29.8 Å². The summed E-state index contributed by atoms with van der Waals surface area (Å²) in [6.07, 6.45) is 2.27. The molecule has 0 saturated carbocycles. The predicted octanol–water partition coefficient (Wildman–Crippen LogP) is 2.03. The third-order valence-corrected chi connectivity index (χ3v) is 6.18. The lowest BCUT2D eigenvalue weighted by molar-refractivity contribution is -0.115. The van der Waals surface area contributed by atoms with Crippen molar-refractivity contribution >= 4 is 27.2 Å². The molecule has 26 heavy (non-hydrogen) atoms. The number of hydrogen-bond donors (Lipinski definition) is 1. The van der Waals surface area contributed by atoms with E-state index in [9.17, 15) is 17.6 Å². The topological polar surface area (TPSA) is 79.4 Å². The Kier molecular flexibility index (Phi) is 5.22. The molecule has 1 aliphatic rings. The largest absolute Gasteiger partial charge is 0.356 e. The molecule has 1 saturated heterocycles. The second-order valence-electron chi connectivity index (χ2n) is 6.42. The van der Waals surface area contributed by atoms with Crippen molar-refractivity contribution in [3.63, 3.8) is 0 Å². The lowest BCUT2D eigenvalue weighted by atomic mass is 10.1. The van der Waals surface area contributed by atoms with E-state index in [1.165, 1.54) is 18.3 Å². The molecule has 1 aliphatic heterocycles. The normalized spacial score (nSPS) is 18.5. The first kappa shape index (κ1) is 18.3. The predicted molar refractivity (Wildman–Crippen MR) is 98.4 cm³/mol. The second kappa shape index (κ2) is 7.41. The maximum atomic E-state index is 12.9. The number of rotatable bonds is 5. The summed E-state index contributed by atoms with van der Waals surface area (Å²) in [7, 11) is -1.13. The molecule has 138 valence electrons. The highest BCUT2D eigenvalue weighted by molar-refractivity contribution is 7.91. The molecule has 1 fully saturated rings. The van der Waals surface area contributed by atoms with Crippen molar-refractivity contribution in [1.82, 2.24) is 4.98 Å². The van der Waals surface area contributed by atoms with Gasteiger partial charge in [-0.25, -0.2) is 17.8 Å². The van der Waals surface area contributed by atoms with Crippen molar-refractivity contribution in [2.45, 2.75) is 18.9 Å². The Balaban J connectivity index is 1.58. The van der Waals surface area contributed by atoms with Crippen molar-refractivity contribution in [3.05, 3.63) is 54.0 Å². The molecule has 0 bridgehead atoms. The van der Waals surface area contributed by atoms with Gasteiger partial charge in [-0.2, -0.15) is 0 Å². The van der Waals surface area contributed by atoms with Crippen LogP contribution in [-0.2, 0) is 21.1 Å². The van der Waals surface area contributed by atoms with E-state index in [1.807, 2.05) is 11.9 Å². The number of nitrogens with one attached hydrogen (secondary N) is 1. The Morgan fingerprint density at radius 3 is 2.58 bits per heavy atom. The maximum Gasteiger partial charge on any atom is 0.228 e. The van der Waals surface area contributed by atoms with Gasteiger partial charge in [-0.3, -0.25) is 4.79 Å². The summed E-state index contributed by atoms with van der Waals surface area (Å²) >= 11 is 0. The van der Waals surface area contributed by atoms with Crippen LogP contribution >= 0.6 is 0 Å². The number of anilines is 2. The summed E-state index contributed by atoms with van der Waals surface area (Å²) in [6.45, 7) is 0.